The van der Waals surface area contributed by atoms with E-state index in [1.165, 1.54) is 7.11 Å². The van der Waals surface area contributed by atoms with Crippen molar-refractivity contribution in [2.24, 2.45) is 13.0 Å². The summed E-state index contributed by atoms with van der Waals surface area (Å²) < 4.78 is 18.5. The number of carbonyl (C=O) groups excluding carboxylic acids is 2. The summed E-state index contributed by atoms with van der Waals surface area (Å²) >= 11 is 0. The number of amides is 1. The molecule has 0 spiro atoms. The molecule has 0 N–H and O–H groups in total. The zero-order valence-corrected chi connectivity index (χ0v) is 20.7. The van der Waals surface area contributed by atoms with Gasteiger partial charge in [-0.3, -0.25) is 4.68 Å². The van der Waals surface area contributed by atoms with E-state index in [2.05, 4.69) is 10.00 Å². The summed E-state index contributed by atoms with van der Waals surface area (Å²) in [6.07, 6.45) is 4.53. The zero-order valence-electron chi connectivity index (χ0n) is 20.7. The number of hydrogen-bond acceptors (Lipinski definition) is 7. The number of aromatic nitrogens is 2. The Hall–Kier alpha value is -2.81. The molecular weight excluding hydrogens is 436 g/mol. The van der Waals surface area contributed by atoms with E-state index in [9.17, 15) is 9.59 Å². The summed E-state index contributed by atoms with van der Waals surface area (Å²) in [4.78, 5) is 29.7. The largest absolute Gasteiger partial charge is 0.465 e. The van der Waals surface area contributed by atoms with Crippen LogP contribution in [0.15, 0.2) is 18.3 Å². The van der Waals surface area contributed by atoms with Crippen LogP contribution in [0.1, 0.15) is 50.4 Å². The van der Waals surface area contributed by atoms with Crippen molar-refractivity contribution in [3.8, 4) is 0 Å². The number of carbonyl (C=O) groups is 2. The maximum Gasteiger partial charge on any atom is 0.410 e. The molecule has 3 aliphatic heterocycles. The molecule has 1 aromatic carbocycles. The minimum atomic E-state index is -0.560. The van der Waals surface area contributed by atoms with Gasteiger partial charge in [0.05, 0.1) is 37.5 Å². The van der Waals surface area contributed by atoms with Crippen LogP contribution in [-0.2, 0) is 21.3 Å². The van der Waals surface area contributed by atoms with Crippen LogP contribution in [0.25, 0.3) is 10.9 Å². The van der Waals surface area contributed by atoms with Crippen LogP contribution in [0, 0.1) is 5.92 Å². The van der Waals surface area contributed by atoms with Crippen molar-refractivity contribution in [2.75, 3.05) is 38.3 Å². The first-order chi connectivity index (χ1) is 16.1. The third-order valence-electron chi connectivity index (χ3n) is 7.15. The molecule has 4 fully saturated rings. The maximum atomic E-state index is 13.3. The molecule has 1 aromatic heterocycles. The topological polar surface area (TPSA) is 86.1 Å². The van der Waals surface area contributed by atoms with Gasteiger partial charge in [0.1, 0.15) is 11.1 Å². The standard InChI is InChI=1S/C25H34N4O5/c1-24(2,3)34-23(31)29(15-25-10-16(11-25)14-33-25)17-8-9-28(12-17)20-7-6-18(22(30)32-5)21-19(20)13-27(4)26-21/h6-7,13,16-17H,8-12,14-15H2,1-5H3/t16?,17-,25?/m1/s1. The van der Waals surface area contributed by atoms with Gasteiger partial charge in [0.2, 0.25) is 0 Å². The Bertz CT molecular complexity index is 1110. The van der Waals surface area contributed by atoms with E-state index in [4.69, 9.17) is 14.2 Å². The number of hydrogen-bond donors (Lipinski definition) is 0. The summed E-state index contributed by atoms with van der Waals surface area (Å²) in [7, 11) is 3.22. The fraction of sp³-hybridized carbons (Fsp3) is 0.640. The first-order valence-corrected chi connectivity index (χ1v) is 12.0. The van der Waals surface area contributed by atoms with E-state index in [0.717, 1.165) is 43.5 Å². The number of benzene rings is 1. The number of esters is 1. The SMILES string of the molecule is COC(=O)c1ccc(N2CC[C@@H](N(CC34CC(CO3)C4)C(=O)OC(C)(C)C)C2)c2cn(C)nc12. The van der Waals surface area contributed by atoms with Crippen LogP contribution >= 0.6 is 0 Å². The summed E-state index contributed by atoms with van der Waals surface area (Å²) in [5.74, 6) is 0.230. The highest BCUT2D eigenvalue weighted by Crippen LogP contribution is 2.49. The van der Waals surface area contributed by atoms with Gasteiger partial charge in [-0.25, -0.2) is 9.59 Å². The van der Waals surface area contributed by atoms with Crippen LogP contribution < -0.4 is 4.90 Å². The lowest BCUT2D eigenvalue weighted by Crippen LogP contribution is -2.54. The van der Waals surface area contributed by atoms with E-state index < -0.39 is 11.6 Å². The van der Waals surface area contributed by atoms with Gasteiger partial charge in [-0.15, -0.1) is 0 Å². The van der Waals surface area contributed by atoms with Gasteiger partial charge in [0.25, 0.3) is 0 Å². The lowest BCUT2D eigenvalue weighted by atomic mass is 9.74. The highest BCUT2D eigenvalue weighted by atomic mass is 16.6. The predicted octanol–water partition coefficient (Wildman–Crippen LogP) is 3.35. The van der Waals surface area contributed by atoms with Crippen molar-refractivity contribution in [3.05, 3.63) is 23.9 Å². The third kappa shape index (κ3) is 4.10. The number of anilines is 1. The Kier molecular flexibility index (Phi) is 5.50. The van der Waals surface area contributed by atoms with Gasteiger partial charge in [-0.1, -0.05) is 0 Å². The number of methoxy groups -OCH3 is 1. The highest BCUT2D eigenvalue weighted by Gasteiger charge is 2.54. The lowest BCUT2D eigenvalue weighted by Gasteiger charge is -2.42. The summed E-state index contributed by atoms with van der Waals surface area (Å²) in [5, 5.41) is 5.41. The Balaban J connectivity index is 1.40. The fourth-order valence-electron chi connectivity index (χ4n) is 5.64. The van der Waals surface area contributed by atoms with E-state index in [1.54, 1.807) is 10.7 Å². The molecule has 1 saturated carbocycles. The molecule has 3 saturated heterocycles. The number of ether oxygens (including phenoxy) is 3. The van der Waals surface area contributed by atoms with Crippen molar-refractivity contribution in [1.82, 2.24) is 14.7 Å². The number of rotatable bonds is 5. The second kappa shape index (κ2) is 8.15. The molecule has 34 heavy (non-hydrogen) atoms. The zero-order chi connectivity index (χ0) is 24.3. The van der Waals surface area contributed by atoms with E-state index in [1.807, 2.05) is 45.0 Å². The van der Waals surface area contributed by atoms with Crippen LogP contribution in [0.4, 0.5) is 10.5 Å². The molecule has 4 heterocycles. The van der Waals surface area contributed by atoms with Crippen LogP contribution in [0.2, 0.25) is 0 Å². The smallest absolute Gasteiger partial charge is 0.410 e. The average Bonchev–Trinajstić information content (AvgIpc) is 3.51. The van der Waals surface area contributed by atoms with Crippen molar-refractivity contribution in [2.45, 2.75) is 57.3 Å². The van der Waals surface area contributed by atoms with Crippen LogP contribution in [-0.4, -0.2) is 77.3 Å². The van der Waals surface area contributed by atoms with Crippen LogP contribution in [0.5, 0.6) is 0 Å². The Morgan fingerprint density at radius 1 is 1.29 bits per heavy atom. The first-order valence-electron chi connectivity index (χ1n) is 12.0. The van der Waals surface area contributed by atoms with Crippen molar-refractivity contribution in [1.29, 1.82) is 0 Å². The number of nitrogens with zero attached hydrogens (tertiary/aromatic N) is 4. The molecule has 1 atom stereocenters. The van der Waals surface area contributed by atoms with Gasteiger partial charge in [-0.05, 0) is 58.1 Å². The molecule has 1 aliphatic carbocycles. The van der Waals surface area contributed by atoms with Gasteiger partial charge < -0.3 is 24.0 Å². The van der Waals surface area contributed by atoms with Crippen molar-refractivity contribution in [3.63, 3.8) is 0 Å². The number of fused-ring (bicyclic) bond motifs is 2. The first kappa shape index (κ1) is 23.0. The van der Waals surface area contributed by atoms with Crippen molar-refractivity contribution >= 4 is 28.7 Å². The molecule has 4 aliphatic rings. The third-order valence-corrected chi connectivity index (χ3v) is 7.15. The monoisotopic (exact) mass is 470 g/mol. The van der Waals surface area contributed by atoms with E-state index in [0.29, 0.717) is 30.1 Å². The fourth-order valence-corrected chi connectivity index (χ4v) is 5.64. The second-order valence-corrected chi connectivity index (χ2v) is 11.0. The van der Waals surface area contributed by atoms with E-state index >= 15 is 0 Å². The molecule has 2 aromatic rings. The molecule has 0 radical (unpaired) electrons. The van der Waals surface area contributed by atoms with Crippen molar-refractivity contribution < 1.29 is 23.8 Å². The molecule has 2 bridgehead atoms. The molecule has 184 valence electrons. The molecule has 9 heteroatoms. The normalized spacial score (nSPS) is 26.0. The lowest BCUT2D eigenvalue weighted by molar-refractivity contribution is -0.0458. The maximum absolute atomic E-state index is 13.3. The number of aryl methyl sites for hydroxylation is 1. The highest BCUT2D eigenvalue weighted by molar-refractivity contribution is 6.06. The predicted molar refractivity (Wildman–Crippen MR) is 127 cm³/mol. The van der Waals surface area contributed by atoms with Gasteiger partial charge >= 0.3 is 12.1 Å². The molecule has 6 rings (SSSR count). The van der Waals surface area contributed by atoms with Crippen LogP contribution in [0.3, 0.4) is 0 Å². The Morgan fingerprint density at radius 3 is 2.71 bits per heavy atom. The van der Waals surface area contributed by atoms with Gasteiger partial charge in [0.15, 0.2) is 0 Å². The second-order valence-electron chi connectivity index (χ2n) is 11.0. The molecule has 0 unspecified atom stereocenters. The average molecular weight is 471 g/mol. The molecule has 9 nitrogen and oxygen atoms in total. The van der Waals surface area contributed by atoms with E-state index in [-0.39, 0.29) is 17.7 Å². The minimum Gasteiger partial charge on any atom is -0.465 e. The van der Waals surface area contributed by atoms with Gasteiger partial charge in [0, 0.05) is 37.4 Å². The quantitative estimate of drug-likeness (QED) is 0.620. The molecule has 1 amide bonds. The summed E-state index contributed by atoms with van der Waals surface area (Å²) in [6, 6.07) is 3.74. The van der Waals surface area contributed by atoms with Gasteiger partial charge in [-0.2, -0.15) is 5.10 Å². The summed E-state index contributed by atoms with van der Waals surface area (Å²) in [6.45, 7) is 8.54. The minimum absolute atomic E-state index is 0.0134. The Morgan fingerprint density at radius 2 is 2.06 bits per heavy atom. The summed E-state index contributed by atoms with van der Waals surface area (Å²) in [5.41, 5.74) is 1.30. The Labute approximate surface area is 199 Å². The molecular formula is C25H34N4O5.